The zero-order valence-corrected chi connectivity index (χ0v) is 11.7. The van der Waals surface area contributed by atoms with Gasteiger partial charge >= 0.3 is 0 Å². The third-order valence-electron chi connectivity index (χ3n) is 4.29. The zero-order valence-electron chi connectivity index (χ0n) is 11.7. The standard InChI is InChI=1S/C14H28N2O2/c1-2-15-11-14(5-9-18-10-6-14)12-16(7-8-17)13-3-4-13/h13,15,17H,2-12H2,1H3. The minimum Gasteiger partial charge on any atom is -0.395 e. The van der Waals surface area contributed by atoms with Crippen LogP contribution in [0.2, 0.25) is 0 Å². The first-order chi connectivity index (χ1) is 8.79. The average Bonchev–Trinajstić information content (AvgIpc) is 3.22. The van der Waals surface area contributed by atoms with Crippen LogP contribution in [0.15, 0.2) is 0 Å². The van der Waals surface area contributed by atoms with Crippen molar-refractivity contribution in [2.75, 3.05) is 46.0 Å². The lowest BCUT2D eigenvalue weighted by molar-refractivity contribution is -0.00783. The summed E-state index contributed by atoms with van der Waals surface area (Å²) in [4.78, 5) is 2.50. The SMILES string of the molecule is CCNCC1(CN(CCO)C2CC2)CCOCC1. The van der Waals surface area contributed by atoms with Gasteiger partial charge in [0.1, 0.15) is 0 Å². The molecule has 106 valence electrons. The highest BCUT2D eigenvalue weighted by Crippen LogP contribution is 2.35. The fourth-order valence-corrected chi connectivity index (χ4v) is 2.98. The zero-order chi connectivity index (χ0) is 12.8. The minimum atomic E-state index is 0.282. The lowest BCUT2D eigenvalue weighted by atomic mass is 9.79. The summed E-state index contributed by atoms with van der Waals surface area (Å²) < 4.78 is 5.53. The van der Waals surface area contributed by atoms with E-state index in [1.165, 1.54) is 12.8 Å². The normalized spacial score (nSPS) is 23.5. The number of aliphatic hydroxyl groups excluding tert-OH is 1. The fourth-order valence-electron chi connectivity index (χ4n) is 2.98. The van der Waals surface area contributed by atoms with Gasteiger partial charge in [-0.2, -0.15) is 0 Å². The van der Waals surface area contributed by atoms with E-state index >= 15 is 0 Å². The highest BCUT2D eigenvalue weighted by Gasteiger charge is 2.38. The summed E-state index contributed by atoms with van der Waals surface area (Å²) in [6.07, 6.45) is 4.92. The minimum absolute atomic E-state index is 0.282. The van der Waals surface area contributed by atoms with Crippen molar-refractivity contribution < 1.29 is 9.84 Å². The molecule has 0 aromatic rings. The van der Waals surface area contributed by atoms with Crippen LogP contribution in [0.25, 0.3) is 0 Å². The Bertz CT molecular complexity index is 238. The molecule has 2 aliphatic rings. The van der Waals surface area contributed by atoms with Gasteiger partial charge in [0.15, 0.2) is 0 Å². The molecule has 0 unspecified atom stereocenters. The molecule has 1 heterocycles. The number of ether oxygens (including phenoxy) is 1. The second-order valence-electron chi connectivity index (χ2n) is 5.82. The van der Waals surface area contributed by atoms with Gasteiger partial charge in [-0.05, 0) is 37.6 Å². The van der Waals surface area contributed by atoms with Crippen LogP contribution in [-0.4, -0.2) is 62.0 Å². The molecule has 0 bridgehead atoms. The van der Waals surface area contributed by atoms with Crippen molar-refractivity contribution in [2.24, 2.45) is 5.41 Å². The summed E-state index contributed by atoms with van der Waals surface area (Å²) in [5, 5.41) is 12.7. The molecule has 1 aliphatic carbocycles. The van der Waals surface area contributed by atoms with Gasteiger partial charge in [-0.15, -0.1) is 0 Å². The first kappa shape index (κ1) is 14.3. The third kappa shape index (κ3) is 3.92. The van der Waals surface area contributed by atoms with Crippen LogP contribution in [0.4, 0.5) is 0 Å². The van der Waals surface area contributed by atoms with E-state index in [4.69, 9.17) is 4.74 Å². The van der Waals surface area contributed by atoms with Crippen LogP contribution in [0.1, 0.15) is 32.6 Å². The smallest absolute Gasteiger partial charge is 0.0558 e. The van der Waals surface area contributed by atoms with E-state index in [1.54, 1.807) is 0 Å². The molecular weight excluding hydrogens is 228 g/mol. The molecule has 2 fully saturated rings. The molecule has 0 aromatic carbocycles. The van der Waals surface area contributed by atoms with Gasteiger partial charge in [0.05, 0.1) is 6.61 Å². The number of rotatable bonds is 8. The van der Waals surface area contributed by atoms with Crippen molar-refractivity contribution in [3.8, 4) is 0 Å². The van der Waals surface area contributed by atoms with Crippen LogP contribution in [0.3, 0.4) is 0 Å². The molecule has 2 rings (SSSR count). The van der Waals surface area contributed by atoms with Crippen LogP contribution < -0.4 is 5.32 Å². The van der Waals surface area contributed by atoms with Crippen molar-refractivity contribution in [2.45, 2.75) is 38.6 Å². The van der Waals surface area contributed by atoms with Crippen molar-refractivity contribution in [1.29, 1.82) is 0 Å². The number of aliphatic hydroxyl groups is 1. The van der Waals surface area contributed by atoms with Crippen LogP contribution in [0.5, 0.6) is 0 Å². The van der Waals surface area contributed by atoms with E-state index in [9.17, 15) is 5.11 Å². The Labute approximate surface area is 111 Å². The van der Waals surface area contributed by atoms with E-state index in [2.05, 4.69) is 17.1 Å². The topological polar surface area (TPSA) is 44.7 Å². The number of hydrogen-bond donors (Lipinski definition) is 2. The van der Waals surface area contributed by atoms with E-state index in [-0.39, 0.29) is 6.61 Å². The molecule has 4 heteroatoms. The summed E-state index contributed by atoms with van der Waals surface area (Å²) in [7, 11) is 0. The predicted octanol–water partition coefficient (Wildman–Crippen LogP) is 0.849. The molecule has 0 aromatic heterocycles. The van der Waals surface area contributed by atoms with Crippen molar-refractivity contribution in [1.82, 2.24) is 10.2 Å². The van der Waals surface area contributed by atoms with E-state index in [0.717, 1.165) is 58.3 Å². The average molecular weight is 256 g/mol. The Morgan fingerprint density at radius 2 is 2.06 bits per heavy atom. The van der Waals surface area contributed by atoms with Gasteiger partial charge in [-0.3, -0.25) is 4.90 Å². The molecule has 2 N–H and O–H groups in total. The fraction of sp³-hybridized carbons (Fsp3) is 1.00. The van der Waals surface area contributed by atoms with Gasteiger partial charge in [0.2, 0.25) is 0 Å². The van der Waals surface area contributed by atoms with Gasteiger partial charge in [0, 0.05) is 38.9 Å². The third-order valence-corrected chi connectivity index (χ3v) is 4.29. The lowest BCUT2D eigenvalue weighted by Gasteiger charge is -2.41. The van der Waals surface area contributed by atoms with Crippen LogP contribution in [-0.2, 0) is 4.74 Å². The number of nitrogens with zero attached hydrogens (tertiary/aromatic N) is 1. The number of nitrogens with one attached hydrogen (secondary N) is 1. The van der Waals surface area contributed by atoms with Crippen molar-refractivity contribution in [3.63, 3.8) is 0 Å². The molecule has 1 saturated heterocycles. The summed E-state index contributed by atoms with van der Waals surface area (Å²) in [6, 6.07) is 0.735. The van der Waals surface area contributed by atoms with Gasteiger partial charge in [-0.25, -0.2) is 0 Å². The maximum absolute atomic E-state index is 9.22. The maximum Gasteiger partial charge on any atom is 0.0558 e. The molecule has 0 radical (unpaired) electrons. The Morgan fingerprint density at radius 1 is 1.33 bits per heavy atom. The molecule has 0 atom stereocenters. The molecule has 0 spiro atoms. The van der Waals surface area contributed by atoms with Crippen LogP contribution in [0, 0.1) is 5.41 Å². The lowest BCUT2D eigenvalue weighted by Crippen LogP contribution is -2.48. The van der Waals surface area contributed by atoms with Crippen molar-refractivity contribution in [3.05, 3.63) is 0 Å². The van der Waals surface area contributed by atoms with E-state index in [1.807, 2.05) is 0 Å². The van der Waals surface area contributed by atoms with E-state index < -0.39 is 0 Å². The summed E-state index contributed by atoms with van der Waals surface area (Å²) in [5.41, 5.74) is 0.353. The van der Waals surface area contributed by atoms with E-state index in [0.29, 0.717) is 5.41 Å². The summed E-state index contributed by atoms with van der Waals surface area (Å²) >= 11 is 0. The number of hydrogen-bond acceptors (Lipinski definition) is 4. The second kappa shape index (κ2) is 6.85. The molecule has 1 aliphatic heterocycles. The Morgan fingerprint density at radius 3 is 2.61 bits per heavy atom. The summed E-state index contributed by atoms with van der Waals surface area (Å²) in [6.45, 7) is 8.30. The molecule has 0 amide bonds. The van der Waals surface area contributed by atoms with Crippen LogP contribution >= 0.6 is 0 Å². The molecular formula is C14H28N2O2. The molecule has 4 nitrogen and oxygen atoms in total. The quantitative estimate of drug-likeness (QED) is 0.676. The largest absolute Gasteiger partial charge is 0.395 e. The highest BCUT2D eigenvalue weighted by molar-refractivity contribution is 4.92. The van der Waals surface area contributed by atoms with Gasteiger partial charge in [-0.1, -0.05) is 6.92 Å². The Hall–Kier alpha value is -0.160. The first-order valence-electron chi connectivity index (χ1n) is 7.43. The van der Waals surface area contributed by atoms with Gasteiger partial charge in [0.25, 0.3) is 0 Å². The highest BCUT2D eigenvalue weighted by atomic mass is 16.5. The molecule has 18 heavy (non-hydrogen) atoms. The second-order valence-corrected chi connectivity index (χ2v) is 5.82. The predicted molar refractivity (Wildman–Crippen MR) is 72.7 cm³/mol. The monoisotopic (exact) mass is 256 g/mol. The molecule has 1 saturated carbocycles. The Balaban J connectivity index is 1.93. The first-order valence-corrected chi connectivity index (χ1v) is 7.43. The maximum atomic E-state index is 9.22. The Kier molecular flexibility index (Phi) is 5.42. The van der Waals surface area contributed by atoms with Crippen molar-refractivity contribution >= 4 is 0 Å². The van der Waals surface area contributed by atoms with Gasteiger partial charge < -0.3 is 15.2 Å². The summed E-state index contributed by atoms with van der Waals surface area (Å²) in [5.74, 6) is 0.